The zero-order valence-electron chi connectivity index (χ0n) is 14.7. The second-order valence-corrected chi connectivity index (χ2v) is 7.26. The number of aromatic carboxylic acids is 1. The summed E-state index contributed by atoms with van der Waals surface area (Å²) in [5.74, 6) is -1.79. The smallest absolute Gasteiger partial charge is 0.341 e. The van der Waals surface area contributed by atoms with E-state index < -0.39 is 22.8 Å². The molecule has 0 aliphatic carbocycles. The van der Waals surface area contributed by atoms with Crippen LogP contribution in [0.3, 0.4) is 0 Å². The first-order valence-electron chi connectivity index (χ1n) is 8.39. The number of hydrogen-bond donors (Lipinski definition) is 2. The highest BCUT2D eigenvalue weighted by atomic mass is 35.5. The number of carbonyl (C=O) groups is 1. The Morgan fingerprint density at radius 3 is 2.81 bits per heavy atom. The predicted octanol–water partition coefficient (Wildman–Crippen LogP) is 0.772. The van der Waals surface area contributed by atoms with E-state index in [1.807, 2.05) is 0 Å². The van der Waals surface area contributed by atoms with Crippen molar-refractivity contribution in [2.45, 2.75) is 11.4 Å². The van der Waals surface area contributed by atoms with Crippen molar-refractivity contribution in [2.75, 3.05) is 43.8 Å². The highest BCUT2D eigenvalue weighted by molar-refractivity contribution is 6.21. The molecule has 2 N–H and O–H groups in total. The van der Waals surface area contributed by atoms with Crippen molar-refractivity contribution >= 4 is 34.2 Å². The van der Waals surface area contributed by atoms with E-state index in [1.54, 1.807) is 24.0 Å². The number of alkyl halides is 1. The standard InChI is InChI=1S/C17H18ClFN4O4/c1-20-12-6-22(5-10(12)18)14-11(19)3-8-13-16(14)27-7-21(2)23(13)4-9(15(8)24)17(25)26/h3-4,10,12,20H,5-7H2,1-2H3,(H,25,26). The summed E-state index contributed by atoms with van der Waals surface area (Å²) < 4.78 is 22.3. The first kappa shape index (κ1) is 17.9. The van der Waals surface area contributed by atoms with Gasteiger partial charge < -0.3 is 20.1 Å². The molecule has 0 bridgehead atoms. The Balaban J connectivity index is 2.00. The molecule has 1 aromatic carbocycles. The minimum Gasteiger partial charge on any atom is -0.477 e. The number of nitrogens with zero attached hydrogens (tertiary/aromatic N) is 3. The molecule has 3 heterocycles. The molecule has 2 aromatic rings. The van der Waals surface area contributed by atoms with Crippen molar-refractivity contribution in [2.24, 2.45) is 0 Å². The quantitative estimate of drug-likeness (QED) is 0.741. The maximum Gasteiger partial charge on any atom is 0.341 e. The van der Waals surface area contributed by atoms with Crippen molar-refractivity contribution < 1.29 is 19.0 Å². The summed E-state index contributed by atoms with van der Waals surface area (Å²) >= 11 is 6.34. The highest BCUT2D eigenvalue weighted by Gasteiger charge is 2.36. The molecule has 8 nitrogen and oxygen atoms in total. The maximum atomic E-state index is 15.0. The molecule has 4 rings (SSSR count). The van der Waals surface area contributed by atoms with Gasteiger partial charge in [0.25, 0.3) is 0 Å². The molecule has 1 fully saturated rings. The number of ether oxygens (including phenoxy) is 1. The zero-order chi connectivity index (χ0) is 19.5. The summed E-state index contributed by atoms with van der Waals surface area (Å²) in [4.78, 5) is 25.8. The van der Waals surface area contributed by atoms with Crippen molar-refractivity contribution in [1.29, 1.82) is 0 Å². The molecule has 144 valence electrons. The third kappa shape index (κ3) is 2.61. The SMILES string of the molecule is CNC1CN(c2c(F)cc3c(=O)c(C(=O)O)cn4c3c2OCN4C)CC1Cl. The van der Waals surface area contributed by atoms with Gasteiger partial charge in [-0.1, -0.05) is 0 Å². The van der Waals surface area contributed by atoms with Gasteiger partial charge >= 0.3 is 5.97 Å². The number of rotatable bonds is 3. The molecule has 0 amide bonds. The molecule has 2 unspecified atom stereocenters. The molecule has 0 spiro atoms. The summed E-state index contributed by atoms with van der Waals surface area (Å²) in [7, 11) is 3.48. The van der Waals surface area contributed by atoms with E-state index in [4.69, 9.17) is 16.3 Å². The zero-order valence-corrected chi connectivity index (χ0v) is 15.5. The first-order chi connectivity index (χ1) is 12.8. The Morgan fingerprint density at radius 1 is 1.44 bits per heavy atom. The fourth-order valence-corrected chi connectivity index (χ4v) is 4.06. The van der Waals surface area contributed by atoms with Crippen LogP contribution in [0.4, 0.5) is 10.1 Å². The Bertz CT molecular complexity index is 1010. The van der Waals surface area contributed by atoms with Gasteiger partial charge in [-0.25, -0.2) is 9.18 Å². The summed E-state index contributed by atoms with van der Waals surface area (Å²) in [6.07, 6.45) is 1.24. The van der Waals surface area contributed by atoms with Crippen molar-refractivity contribution in [3.63, 3.8) is 0 Å². The summed E-state index contributed by atoms with van der Waals surface area (Å²) in [5, 5.41) is 13.8. The third-order valence-electron chi connectivity index (χ3n) is 5.08. The number of likely N-dealkylation sites (N-methyl/N-ethyl adjacent to an activating group) is 1. The Labute approximate surface area is 158 Å². The summed E-state index contributed by atoms with van der Waals surface area (Å²) in [6, 6.07) is 1.06. The fraction of sp³-hybridized carbons (Fsp3) is 0.412. The van der Waals surface area contributed by atoms with E-state index in [-0.39, 0.29) is 35.0 Å². The van der Waals surface area contributed by atoms with Gasteiger partial charge in [-0.2, -0.15) is 0 Å². The average molecular weight is 397 g/mol. The molecular formula is C17H18ClFN4O4. The van der Waals surface area contributed by atoms with Gasteiger partial charge in [-0.3, -0.25) is 14.5 Å². The van der Waals surface area contributed by atoms with E-state index in [1.165, 1.54) is 10.9 Å². The number of anilines is 1. The van der Waals surface area contributed by atoms with Gasteiger partial charge in [-0.05, 0) is 13.1 Å². The van der Waals surface area contributed by atoms with E-state index in [0.29, 0.717) is 18.6 Å². The molecule has 10 heteroatoms. The molecule has 0 radical (unpaired) electrons. The van der Waals surface area contributed by atoms with E-state index in [2.05, 4.69) is 5.32 Å². The molecule has 1 saturated heterocycles. The topological polar surface area (TPSA) is 87.0 Å². The van der Waals surface area contributed by atoms with Crippen LogP contribution in [0.1, 0.15) is 10.4 Å². The number of carboxylic acids is 1. The molecule has 27 heavy (non-hydrogen) atoms. The Morgan fingerprint density at radius 2 is 2.19 bits per heavy atom. The molecule has 2 aliphatic rings. The van der Waals surface area contributed by atoms with Crippen LogP contribution in [0.5, 0.6) is 5.75 Å². The molecule has 2 atom stereocenters. The largest absolute Gasteiger partial charge is 0.477 e. The van der Waals surface area contributed by atoms with Gasteiger partial charge in [0.05, 0.1) is 10.8 Å². The Kier molecular flexibility index (Phi) is 4.15. The molecule has 1 aromatic heterocycles. The highest BCUT2D eigenvalue weighted by Crippen LogP contribution is 2.41. The van der Waals surface area contributed by atoms with Gasteiger partial charge in [0, 0.05) is 32.4 Å². The number of carboxylic acid groups (broad SMARTS) is 1. The number of halogens is 2. The van der Waals surface area contributed by atoms with Crippen molar-refractivity contribution in [3.8, 4) is 5.75 Å². The van der Waals surface area contributed by atoms with E-state index in [9.17, 15) is 14.7 Å². The minimum absolute atomic E-state index is 0.0168. The number of pyridine rings is 1. The van der Waals surface area contributed by atoms with Crippen LogP contribution in [0.15, 0.2) is 17.1 Å². The molecular weight excluding hydrogens is 379 g/mol. The maximum absolute atomic E-state index is 15.0. The van der Waals surface area contributed by atoms with Crippen LogP contribution >= 0.6 is 11.6 Å². The third-order valence-corrected chi connectivity index (χ3v) is 5.52. The lowest BCUT2D eigenvalue weighted by Gasteiger charge is -2.33. The van der Waals surface area contributed by atoms with Gasteiger partial charge in [0.15, 0.2) is 18.3 Å². The lowest BCUT2D eigenvalue weighted by atomic mass is 10.1. The van der Waals surface area contributed by atoms with Crippen LogP contribution in [-0.4, -0.2) is 61.1 Å². The second-order valence-electron chi connectivity index (χ2n) is 6.70. The number of benzene rings is 1. The number of aromatic nitrogens is 1. The lowest BCUT2D eigenvalue weighted by Crippen LogP contribution is -2.40. The number of nitrogens with one attached hydrogen (secondary N) is 1. The number of hydrogen-bond acceptors (Lipinski definition) is 6. The van der Waals surface area contributed by atoms with E-state index >= 15 is 4.39 Å². The Hall–Kier alpha value is -2.52. The summed E-state index contributed by atoms with van der Waals surface area (Å²) in [5.41, 5.74) is -0.597. The molecule has 2 aliphatic heterocycles. The van der Waals surface area contributed by atoms with E-state index in [0.717, 1.165) is 6.07 Å². The van der Waals surface area contributed by atoms with Crippen LogP contribution in [0, 0.1) is 5.82 Å². The monoisotopic (exact) mass is 396 g/mol. The van der Waals surface area contributed by atoms with Crippen LogP contribution in [0.25, 0.3) is 10.9 Å². The van der Waals surface area contributed by atoms with Crippen molar-refractivity contribution in [3.05, 3.63) is 33.9 Å². The lowest BCUT2D eigenvalue weighted by molar-refractivity contribution is 0.0694. The van der Waals surface area contributed by atoms with Crippen LogP contribution < -0.4 is 25.4 Å². The normalized spacial score (nSPS) is 21.6. The van der Waals surface area contributed by atoms with Gasteiger partial charge in [0.2, 0.25) is 5.43 Å². The average Bonchev–Trinajstić information content (AvgIpc) is 2.99. The minimum atomic E-state index is -1.36. The summed E-state index contributed by atoms with van der Waals surface area (Å²) in [6.45, 7) is 0.976. The van der Waals surface area contributed by atoms with Gasteiger partial charge in [0.1, 0.15) is 16.8 Å². The van der Waals surface area contributed by atoms with Crippen molar-refractivity contribution in [1.82, 2.24) is 9.99 Å². The van der Waals surface area contributed by atoms with Crippen LogP contribution in [-0.2, 0) is 0 Å². The van der Waals surface area contributed by atoms with Crippen LogP contribution in [0.2, 0.25) is 0 Å². The predicted molar refractivity (Wildman–Crippen MR) is 99.5 cm³/mol. The second kappa shape index (κ2) is 6.28. The molecule has 0 saturated carbocycles. The van der Waals surface area contributed by atoms with Gasteiger partial charge in [-0.15, -0.1) is 11.6 Å². The fourth-order valence-electron chi connectivity index (χ4n) is 3.69. The first-order valence-corrected chi connectivity index (χ1v) is 8.82.